The van der Waals surface area contributed by atoms with Crippen LogP contribution in [0.2, 0.25) is 10.0 Å². The van der Waals surface area contributed by atoms with E-state index in [4.69, 9.17) is 44.9 Å². The number of nitrogens with zero attached hydrogens (tertiary/aromatic N) is 6. The van der Waals surface area contributed by atoms with Gasteiger partial charge in [0.15, 0.2) is 5.82 Å². The molecule has 16 heteroatoms. The first-order valence-electron chi connectivity index (χ1n) is 10.5. The van der Waals surface area contributed by atoms with E-state index >= 15 is 0 Å². The number of hydrogen-bond donors (Lipinski definition) is 0. The van der Waals surface area contributed by atoms with Crippen molar-refractivity contribution < 1.29 is 18.3 Å². The molecule has 2 heterocycles. The van der Waals surface area contributed by atoms with Crippen LogP contribution in [0, 0.1) is 16.4 Å². The minimum Gasteiger partial charge on any atom is -0.495 e. The summed E-state index contributed by atoms with van der Waals surface area (Å²) in [6.07, 6.45) is 0. The Morgan fingerprint density at radius 3 is 1.87 bits per heavy atom. The molecule has 0 fully saturated rings. The summed E-state index contributed by atoms with van der Waals surface area (Å²) in [6, 6.07) is 4.95. The summed E-state index contributed by atoms with van der Waals surface area (Å²) >= 11 is 17.7. The molecule has 4 aromatic rings. The lowest BCUT2D eigenvalue weighted by atomic mass is 10.3. The SMILES string of the molecule is COc1cc(-n2c(=O)n(C)n(C)c2=S)c(F)cc1Cl.COc1cc(N=c2sc(=O)n(C)n2C)c(F)cc1Cl. The highest BCUT2D eigenvalue weighted by molar-refractivity contribution is 7.71. The van der Waals surface area contributed by atoms with Gasteiger partial charge in [0.05, 0.1) is 30.0 Å². The summed E-state index contributed by atoms with van der Waals surface area (Å²) in [7, 11) is 9.28. The van der Waals surface area contributed by atoms with Crippen molar-refractivity contribution in [3.63, 3.8) is 0 Å². The summed E-state index contributed by atoms with van der Waals surface area (Å²) < 4.78 is 44.7. The molecule has 0 atom stereocenters. The molecule has 10 nitrogen and oxygen atoms in total. The topological polar surface area (TPSA) is 89.6 Å². The minimum atomic E-state index is -0.648. The standard InChI is InChI=1S/2C11H11ClFN3O2S/c1-15-10(19-11(17)16(15)2)14-8-5-9(18-3)6(12)4-7(8)13;1-14-10(17)16(11(19)15(14)2)8-5-9(18-3)6(12)4-7(8)13/h2*4-5H,1-3H3. The van der Waals surface area contributed by atoms with E-state index in [2.05, 4.69) is 4.99 Å². The molecule has 0 unspecified atom stereocenters. The van der Waals surface area contributed by atoms with Crippen LogP contribution in [-0.4, -0.2) is 37.5 Å². The lowest BCUT2D eigenvalue weighted by Gasteiger charge is -2.07. The van der Waals surface area contributed by atoms with Gasteiger partial charge in [-0.3, -0.25) is 14.2 Å². The molecular weight excluding hydrogens is 585 g/mol. The Balaban J connectivity index is 0.000000211. The van der Waals surface area contributed by atoms with Gasteiger partial charge in [-0.25, -0.2) is 32.5 Å². The van der Waals surface area contributed by atoms with Gasteiger partial charge in [0, 0.05) is 40.3 Å². The third kappa shape index (κ3) is 5.62. The van der Waals surface area contributed by atoms with Crippen LogP contribution in [0.15, 0.2) is 38.8 Å². The lowest BCUT2D eigenvalue weighted by Crippen LogP contribution is -2.23. The highest BCUT2D eigenvalue weighted by atomic mass is 35.5. The average Bonchev–Trinajstić information content (AvgIpc) is 3.22. The number of hydrogen-bond acceptors (Lipinski definition) is 7. The average molecular weight is 607 g/mol. The van der Waals surface area contributed by atoms with Crippen LogP contribution in [-0.2, 0) is 28.2 Å². The molecule has 0 N–H and O–H groups in total. The first-order valence-corrected chi connectivity index (χ1v) is 12.5. The molecule has 0 aliphatic carbocycles. The zero-order chi connectivity index (χ0) is 28.5. The fourth-order valence-electron chi connectivity index (χ4n) is 3.10. The largest absolute Gasteiger partial charge is 0.495 e. The van der Waals surface area contributed by atoms with Gasteiger partial charge in [-0.2, -0.15) is 0 Å². The molecule has 0 aliphatic rings. The predicted octanol–water partition coefficient (Wildman–Crippen LogP) is 3.86. The molecule has 2 aromatic carbocycles. The van der Waals surface area contributed by atoms with Gasteiger partial charge < -0.3 is 9.47 Å². The van der Waals surface area contributed by atoms with Crippen molar-refractivity contribution >= 4 is 52.4 Å². The molecule has 0 bridgehead atoms. The van der Waals surface area contributed by atoms with Crippen molar-refractivity contribution in [1.29, 1.82) is 0 Å². The van der Waals surface area contributed by atoms with Gasteiger partial charge in [-0.1, -0.05) is 23.2 Å². The monoisotopic (exact) mass is 606 g/mol. The summed E-state index contributed by atoms with van der Waals surface area (Å²) in [5.41, 5.74) is -0.373. The van der Waals surface area contributed by atoms with Gasteiger partial charge in [0.25, 0.3) is 0 Å². The summed E-state index contributed by atoms with van der Waals surface area (Å²) in [6.45, 7) is 0. The molecule has 0 spiro atoms. The molecule has 0 amide bonds. The van der Waals surface area contributed by atoms with Crippen molar-refractivity contribution in [2.24, 2.45) is 33.2 Å². The van der Waals surface area contributed by atoms with Crippen LogP contribution in [0.25, 0.3) is 5.69 Å². The normalized spacial score (nSPS) is 11.4. The van der Waals surface area contributed by atoms with Crippen molar-refractivity contribution in [3.05, 3.63) is 75.7 Å². The Bertz CT molecular complexity index is 1730. The zero-order valence-corrected chi connectivity index (χ0v) is 24.1. The Kier molecular flexibility index (Phi) is 9.02. The van der Waals surface area contributed by atoms with E-state index < -0.39 is 17.3 Å². The van der Waals surface area contributed by atoms with Gasteiger partial charge in [0.2, 0.25) is 9.57 Å². The second-order valence-electron chi connectivity index (χ2n) is 7.63. The smallest absolute Gasteiger partial charge is 0.349 e. The fourth-order valence-corrected chi connectivity index (χ4v) is 4.66. The molecular formula is C22H22Cl2F2N6O4S2. The summed E-state index contributed by atoms with van der Waals surface area (Å²) in [5.74, 6) is -0.627. The molecule has 0 radical (unpaired) electrons. The molecule has 2 aromatic heterocycles. The lowest BCUT2D eigenvalue weighted by molar-refractivity contribution is 0.413. The van der Waals surface area contributed by atoms with Gasteiger partial charge in [0.1, 0.15) is 23.0 Å². The van der Waals surface area contributed by atoms with E-state index in [9.17, 15) is 18.4 Å². The van der Waals surface area contributed by atoms with E-state index in [1.807, 2.05) is 0 Å². The van der Waals surface area contributed by atoms with Crippen LogP contribution in [0.5, 0.6) is 11.5 Å². The maximum absolute atomic E-state index is 14.0. The van der Waals surface area contributed by atoms with E-state index in [0.717, 1.165) is 28.0 Å². The van der Waals surface area contributed by atoms with Crippen LogP contribution >= 0.6 is 46.8 Å². The first-order chi connectivity index (χ1) is 17.8. The van der Waals surface area contributed by atoms with E-state index in [1.54, 1.807) is 28.2 Å². The number of ether oxygens (including phenoxy) is 2. The molecule has 0 saturated carbocycles. The van der Waals surface area contributed by atoms with Crippen molar-refractivity contribution in [3.8, 4) is 17.2 Å². The van der Waals surface area contributed by atoms with Gasteiger partial charge in [-0.15, -0.1) is 0 Å². The Hall–Kier alpha value is -3.20. The third-order valence-electron chi connectivity index (χ3n) is 5.46. The van der Waals surface area contributed by atoms with Gasteiger partial charge >= 0.3 is 10.6 Å². The highest BCUT2D eigenvalue weighted by Gasteiger charge is 2.16. The second kappa shape index (κ2) is 11.7. The first kappa shape index (κ1) is 29.4. The third-order valence-corrected chi connectivity index (χ3v) is 7.47. The van der Waals surface area contributed by atoms with E-state index in [1.165, 1.54) is 45.1 Å². The molecule has 4 rings (SSSR count). The zero-order valence-electron chi connectivity index (χ0n) is 21.0. The number of rotatable bonds is 4. The quantitative estimate of drug-likeness (QED) is 0.329. The van der Waals surface area contributed by atoms with Crippen molar-refractivity contribution in [1.82, 2.24) is 23.3 Å². The molecule has 38 heavy (non-hydrogen) atoms. The Morgan fingerprint density at radius 2 is 1.39 bits per heavy atom. The fraction of sp³-hybridized carbons (Fsp3) is 0.273. The van der Waals surface area contributed by atoms with E-state index in [0.29, 0.717) is 10.6 Å². The van der Waals surface area contributed by atoms with Crippen molar-refractivity contribution in [2.75, 3.05) is 14.2 Å². The summed E-state index contributed by atoms with van der Waals surface area (Å²) in [5, 5.41) is 0.299. The van der Waals surface area contributed by atoms with Crippen LogP contribution in [0.3, 0.4) is 0 Å². The second-order valence-corrected chi connectivity index (χ2v) is 9.73. The number of benzene rings is 2. The highest BCUT2D eigenvalue weighted by Crippen LogP contribution is 2.31. The molecule has 0 saturated heterocycles. The van der Waals surface area contributed by atoms with Crippen LogP contribution in [0.4, 0.5) is 14.5 Å². The number of methoxy groups -OCH3 is 2. The summed E-state index contributed by atoms with van der Waals surface area (Å²) in [4.78, 5) is 27.8. The Morgan fingerprint density at radius 1 is 0.842 bits per heavy atom. The maximum Gasteiger partial charge on any atom is 0.349 e. The van der Waals surface area contributed by atoms with Crippen molar-refractivity contribution in [2.45, 2.75) is 0 Å². The predicted molar refractivity (Wildman–Crippen MR) is 144 cm³/mol. The van der Waals surface area contributed by atoms with Crippen LogP contribution < -0.4 is 24.8 Å². The van der Waals surface area contributed by atoms with Crippen LogP contribution in [0.1, 0.15) is 0 Å². The minimum absolute atomic E-state index is 0.00690. The number of halogens is 4. The number of aromatic nitrogens is 5. The maximum atomic E-state index is 14.0. The molecule has 0 aliphatic heterocycles. The molecule has 204 valence electrons. The Labute approximate surface area is 233 Å². The van der Waals surface area contributed by atoms with E-state index in [-0.39, 0.29) is 36.8 Å². The van der Waals surface area contributed by atoms with Gasteiger partial charge in [-0.05, 0) is 35.7 Å².